The monoisotopic (exact) mass is 280 g/mol. The summed E-state index contributed by atoms with van der Waals surface area (Å²) in [6.45, 7) is 3.03. The quantitative estimate of drug-likeness (QED) is 0.837. The molecule has 5 heteroatoms. The molecular weight excluding hydrogens is 260 g/mol. The van der Waals surface area contributed by atoms with Crippen molar-refractivity contribution in [2.75, 3.05) is 31.1 Å². The molecule has 0 aliphatic carbocycles. The van der Waals surface area contributed by atoms with E-state index in [2.05, 4.69) is 16.0 Å². The van der Waals surface area contributed by atoms with E-state index in [9.17, 15) is 8.42 Å². The van der Waals surface area contributed by atoms with Crippen LogP contribution in [0.3, 0.4) is 0 Å². The molecule has 0 spiro atoms. The highest BCUT2D eigenvalue weighted by atomic mass is 32.2. The van der Waals surface area contributed by atoms with Gasteiger partial charge in [-0.15, -0.1) is 0 Å². The molecule has 3 heterocycles. The molecule has 2 saturated heterocycles. The van der Waals surface area contributed by atoms with E-state index >= 15 is 0 Å². The maximum Gasteiger partial charge on any atom is 0.150 e. The highest BCUT2D eigenvalue weighted by molar-refractivity contribution is 7.91. The summed E-state index contributed by atoms with van der Waals surface area (Å²) in [6.07, 6.45) is 5.64. The molecule has 0 bridgehead atoms. The Bertz CT molecular complexity index is 524. The van der Waals surface area contributed by atoms with E-state index in [0.29, 0.717) is 23.3 Å². The molecule has 2 aliphatic rings. The number of nitrogens with zero attached hydrogens (tertiary/aromatic N) is 2. The Morgan fingerprint density at radius 2 is 2.21 bits per heavy atom. The molecular formula is C14H20N2O2S. The Labute approximate surface area is 114 Å². The summed E-state index contributed by atoms with van der Waals surface area (Å²) in [5.41, 5.74) is 1.30. The zero-order chi connectivity index (χ0) is 13.3. The molecule has 4 nitrogen and oxygen atoms in total. The number of pyridine rings is 1. The Balaban J connectivity index is 1.49. The lowest BCUT2D eigenvalue weighted by molar-refractivity contribution is 0.124. The van der Waals surface area contributed by atoms with Gasteiger partial charge in [-0.25, -0.2) is 8.42 Å². The third kappa shape index (κ3) is 3.15. The molecule has 0 saturated carbocycles. The zero-order valence-electron chi connectivity index (χ0n) is 11.0. The molecule has 2 fully saturated rings. The van der Waals surface area contributed by atoms with E-state index in [1.54, 1.807) is 6.20 Å². The van der Waals surface area contributed by atoms with Crippen molar-refractivity contribution < 1.29 is 8.42 Å². The molecule has 1 atom stereocenters. The molecule has 1 aromatic rings. The summed E-state index contributed by atoms with van der Waals surface area (Å²) in [4.78, 5) is 6.53. The fraction of sp³-hybridized carbons (Fsp3) is 0.643. The van der Waals surface area contributed by atoms with Crippen LogP contribution in [0.15, 0.2) is 24.5 Å². The second-order valence-electron chi connectivity index (χ2n) is 5.82. The average molecular weight is 280 g/mol. The van der Waals surface area contributed by atoms with E-state index in [4.69, 9.17) is 0 Å². The van der Waals surface area contributed by atoms with Gasteiger partial charge < -0.3 is 4.90 Å². The lowest BCUT2D eigenvalue weighted by atomic mass is 9.91. The molecule has 0 amide bonds. The van der Waals surface area contributed by atoms with Crippen molar-refractivity contribution in [2.45, 2.75) is 18.8 Å². The van der Waals surface area contributed by atoms with Crippen LogP contribution in [0, 0.1) is 5.92 Å². The van der Waals surface area contributed by atoms with E-state index in [-0.39, 0.29) is 0 Å². The van der Waals surface area contributed by atoms with Crippen LogP contribution in [0.1, 0.15) is 24.3 Å². The summed E-state index contributed by atoms with van der Waals surface area (Å²) >= 11 is 0. The van der Waals surface area contributed by atoms with Gasteiger partial charge in [0.25, 0.3) is 0 Å². The summed E-state index contributed by atoms with van der Waals surface area (Å²) in [5.74, 6) is 1.70. The van der Waals surface area contributed by atoms with Gasteiger partial charge in [0.1, 0.15) is 0 Å². The Hall–Kier alpha value is -0.940. The molecule has 0 aromatic carbocycles. The minimum absolute atomic E-state index is 0.341. The number of aromatic nitrogens is 1. The first kappa shape index (κ1) is 13.1. The number of hydrogen-bond donors (Lipinski definition) is 0. The molecule has 0 unspecified atom stereocenters. The summed E-state index contributed by atoms with van der Waals surface area (Å²) < 4.78 is 23.2. The first-order valence-corrected chi connectivity index (χ1v) is 8.77. The first-order valence-electron chi connectivity index (χ1n) is 6.95. The third-order valence-electron chi connectivity index (χ3n) is 4.19. The van der Waals surface area contributed by atoms with Gasteiger partial charge in [-0.05, 0) is 30.4 Å². The van der Waals surface area contributed by atoms with Gasteiger partial charge in [-0.3, -0.25) is 4.98 Å². The summed E-state index contributed by atoms with van der Waals surface area (Å²) in [6, 6.07) is 4.10. The van der Waals surface area contributed by atoms with Gasteiger partial charge in [-0.1, -0.05) is 6.07 Å². The topological polar surface area (TPSA) is 50.3 Å². The predicted molar refractivity (Wildman–Crippen MR) is 74.8 cm³/mol. The van der Waals surface area contributed by atoms with Gasteiger partial charge >= 0.3 is 0 Å². The van der Waals surface area contributed by atoms with Crippen LogP contribution in [-0.4, -0.2) is 49.4 Å². The third-order valence-corrected chi connectivity index (χ3v) is 6.08. The molecule has 104 valence electrons. The summed E-state index contributed by atoms with van der Waals surface area (Å²) in [5, 5.41) is 0. The summed E-state index contributed by atoms with van der Waals surface area (Å²) in [7, 11) is -2.76. The van der Waals surface area contributed by atoms with Crippen molar-refractivity contribution in [1.82, 2.24) is 9.88 Å². The zero-order valence-corrected chi connectivity index (χ0v) is 11.8. The van der Waals surface area contributed by atoms with Crippen molar-refractivity contribution >= 4 is 9.84 Å². The van der Waals surface area contributed by atoms with Crippen molar-refractivity contribution in [3.05, 3.63) is 30.1 Å². The van der Waals surface area contributed by atoms with Crippen LogP contribution in [0.25, 0.3) is 0 Å². The van der Waals surface area contributed by atoms with Crippen LogP contribution in [0.2, 0.25) is 0 Å². The van der Waals surface area contributed by atoms with Crippen LogP contribution in [0.5, 0.6) is 0 Å². The van der Waals surface area contributed by atoms with Gasteiger partial charge in [-0.2, -0.15) is 0 Å². The maximum atomic E-state index is 11.6. The normalized spacial score (nSPS) is 27.9. The Morgan fingerprint density at radius 3 is 2.89 bits per heavy atom. The van der Waals surface area contributed by atoms with E-state index < -0.39 is 9.84 Å². The highest BCUT2D eigenvalue weighted by Gasteiger charge is 2.32. The van der Waals surface area contributed by atoms with Gasteiger partial charge in [0.2, 0.25) is 0 Å². The van der Waals surface area contributed by atoms with Crippen LogP contribution < -0.4 is 0 Å². The van der Waals surface area contributed by atoms with Crippen molar-refractivity contribution in [3.8, 4) is 0 Å². The fourth-order valence-electron chi connectivity index (χ4n) is 3.17. The van der Waals surface area contributed by atoms with Crippen LogP contribution in [0.4, 0.5) is 0 Å². The first-order chi connectivity index (χ1) is 9.12. The minimum Gasteiger partial charge on any atom is -0.302 e. The molecule has 0 N–H and O–H groups in total. The Kier molecular flexibility index (Phi) is 3.58. The van der Waals surface area contributed by atoms with Gasteiger partial charge in [0, 0.05) is 37.9 Å². The highest BCUT2D eigenvalue weighted by Crippen LogP contribution is 2.29. The molecule has 1 aromatic heterocycles. The van der Waals surface area contributed by atoms with Crippen molar-refractivity contribution in [1.29, 1.82) is 0 Å². The lowest BCUT2D eigenvalue weighted by Crippen LogP contribution is -2.48. The number of hydrogen-bond acceptors (Lipinski definition) is 4. The van der Waals surface area contributed by atoms with Gasteiger partial charge in [0.05, 0.1) is 11.5 Å². The predicted octanol–water partition coefficient (Wildman–Crippen LogP) is 1.31. The minimum atomic E-state index is -2.76. The van der Waals surface area contributed by atoms with Crippen LogP contribution in [-0.2, 0) is 9.84 Å². The number of sulfone groups is 1. The second-order valence-corrected chi connectivity index (χ2v) is 8.05. The van der Waals surface area contributed by atoms with Crippen molar-refractivity contribution in [3.63, 3.8) is 0 Å². The Morgan fingerprint density at radius 1 is 1.37 bits per heavy atom. The lowest BCUT2D eigenvalue weighted by Gasteiger charge is -2.41. The average Bonchev–Trinajstić information content (AvgIpc) is 2.33. The van der Waals surface area contributed by atoms with E-state index in [1.165, 1.54) is 5.56 Å². The number of rotatable bonds is 3. The smallest absolute Gasteiger partial charge is 0.150 e. The maximum absolute atomic E-state index is 11.6. The molecule has 0 radical (unpaired) electrons. The molecule has 19 heavy (non-hydrogen) atoms. The second kappa shape index (κ2) is 5.21. The van der Waals surface area contributed by atoms with Crippen molar-refractivity contribution in [2.24, 2.45) is 5.92 Å². The van der Waals surface area contributed by atoms with E-state index in [1.807, 2.05) is 12.3 Å². The number of likely N-dealkylation sites (tertiary alicyclic amines) is 1. The van der Waals surface area contributed by atoms with Crippen LogP contribution >= 0.6 is 0 Å². The fourth-order valence-corrected chi connectivity index (χ4v) is 4.94. The molecule has 2 aliphatic heterocycles. The van der Waals surface area contributed by atoms with Gasteiger partial charge in [0.15, 0.2) is 9.84 Å². The largest absolute Gasteiger partial charge is 0.302 e. The van der Waals surface area contributed by atoms with E-state index in [0.717, 1.165) is 32.5 Å². The SMILES string of the molecule is O=S1(=O)CCC[C@@H](CN2CC(c3cccnc3)C2)C1. The molecule has 3 rings (SSSR count). The standard InChI is InChI=1S/C14H20N2O2S/c17-19(18)6-2-3-12(11-19)8-16-9-14(10-16)13-4-1-5-15-7-13/h1,4-5,7,12,14H,2-3,6,8-11H2/t12-/m0/s1.